The molecule has 8 nitrogen and oxygen atoms in total. The molecule has 0 saturated carbocycles. The van der Waals surface area contributed by atoms with Crippen molar-refractivity contribution in [1.82, 2.24) is 10.6 Å². The fraction of sp³-hybridized carbons (Fsp3) is 0.423. The van der Waals surface area contributed by atoms with E-state index in [1.54, 1.807) is 27.7 Å². The highest BCUT2D eigenvalue weighted by Crippen LogP contribution is 2.44. The second kappa shape index (κ2) is 9.85. The van der Waals surface area contributed by atoms with E-state index in [2.05, 4.69) is 22.8 Å². The van der Waals surface area contributed by atoms with Gasteiger partial charge in [-0.2, -0.15) is 0 Å². The van der Waals surface area contributed by atoms with E-state index in [1.165, 1.54) is 7.11 Å². The quantitative estimate of drug-likeness (QED) is 0.519. The molecule has 1 aliphatic carbocycles. The number of aliphatic carboxylic acids is 1. The number of benzene rings is 2. The first-order valence-electron chi connectivity index (χ1n) is 11.2. The summed E-state index contributed by atoms with van der Waals surface area (Å²) in [5.74, 6) is -1.66. The number of amides is 2. The number of methoxy groups -OCH3 is 1. The highest BCUT2D eigenvalue weighted by molar-refractivity contribution is 5.85. The van der Waals surface area contributed by atoms with Crippen molar-refractivity contribution < 1.29 is 29.0 Å². The molecular weight excluding hydrogens is 436 g/mol. The summed E-state index contributed by atoms with van der Waals surface area (Å²) >= 11 is 0. The van der Waals surface area contributed by atoms with Gasteiger partial charge in [-0.3, -0.25) is 4.79 Å². The third-order valence-electron chi connectivity index (χ3n) is 6.90. The van der Waals surface area contributed by atoms with Gasteiger partial charge in [-0.05, 0) is 49.9 Å². The molecule has 0 fully saturated rings. The van der Waals surface area contributed by atoms with Gasteiger partial charge in [0.1, 0.15) is 6.61 Å². The van der Waals surface area contributed by atoms with Crippen molar-refractivity contribution in [3.63, 3.8) is 0 Å². The lowest BCUT2D eigenvalue weighted by Crippen LogP contribution is -2.60. The van der Waals surface area contributed by atoms with Crippen molar-refractivity contribution in [3.05, 3.63) is 59.7 Å². The second-order valence-corrected chi connectivity index (χ2v) is 9.47. The van der Waals surface area contributed by atoms with Gasteiger partial charge in [0, 0.05) is 13.0 Å². The first-order valence-corrected chi connectivity index (χ1v) is 11.2. The van der Waals surface area contributed by atoms with Crippen LogP contribution in [0.15, 0.2) is 48.5 Å². The molecule has 1 aliphatic rings. The van der Waals surface area contributed by atoms with Crippen molar-refractivity contribution in [2.75, 3.05) is 20.3 Å². The predicted octanol–water partition coefficient (Wildman–Crippen LogP) is 3.55. The highest BCUT2D eigenvalue weighted by atomic mass is 16.5. The first kappa shape index (κ1) is 25.2. The van der Waals surface area contributed by atoms with E-state index in [0.29, 0.717) is 0 Å². The van der Waals surface area contributed by atoms with Gasteiger partial charge in [-0.25, -0.2) is 9.59 Å². The van der Waals surface area contributed by atoms with Crippen LogP contribution in [0.4, 0.5) is 4.79 Å². The number of hydrogen-bond acceptors (Lipinski definition) is 5. The summed E-state index contributed by atoms with van der Waals surface area (Å²) < 4.78 is 10.5. The maximum Gasteiger partial charge on any atom is 0.407 e. The minimum Gasteiger partial charge on any atom is -0.479 e. The van der Waals surface area contributed by atoms with Crippen LogP contribution in [0.1, 0.15) is 44.7 Å². The minimum atomic E-state index is -1.17. The molecule has 0 bridgehead atoms. The largest absolute Gasteiger partial charge is 0.479 e. The number of carbonyl (C=O) groups excluding carboxylic acids is 2. The Labute approximate surface area is 199 Å². The number of carboxylic acid groups (broad SMARTS) is 1. The first-order chi connectivity index (χ1) is 16.0. The molecule has 2 aromatic rings. The topological polar surface area (TPSA) is 114 Å². The van der Waals surface area contributed by atoms with Gasteiger partial charge < -0.3 is 25.2 Å². The fourth-order valence-electron chi connectivity index (χ4n) is 4.01. The molecule has 0 saturated heterocycles. The lowest BCUT2D eigenvalue weighted by molar-refractivity contribution is -0.148. The van der Waals surface area contributed by atoms with Gasteiger partial charge in [0.15, 0.2) is 6.10 Å². The molecule has 8 heteroatoms. The lowest BCUT2D eigenvalue weighted by Gasteiger charge is -2.40. The summed E-state index contributed by atoms with van der Waals surface area (Å²) in [7, 11) is 1.26. The fourth-order valence-corrected chi connectivity index (χ4v) is 4.01. The number of carboxylic acids is 1. The molecule has 0 heterocycles. The van der Waals surface area contributed by atoms with Crippen LogP contribution in [0.2, 0.25) is 0 Å². The molecule has 34 heavy (non-hydrogen) atoms. The normalized spacial score (nSPS) is 14.0. The number of ether oxygens (including phenoxy) is 2. The molecule has 182 valence electrons. The Morgan fingerprint density at radius 3 is 2.00 bits per heavy atom. The van der Waals surface area contributed by atoms with E-state index in [4.69, 9.17) is 14.6 Å². The van der Waals surface area contributed by atoms with E-state index >= 15 is 0 Å². The molecular formula is C26H32N2O6. The van der Waals surface area contributed by atoms with E-state index in [0.717, 1.165) is 22.3 Å². The summed E-state index contributed by atoms with van der Waals surface area (Å²) in [6.45, 7) is 6.77. The van der Waals surface area contributed by atoms with Gasteiger partial charge in [-0.15, -0.1) is 0 Å². The Morgan fingerprint density at radius 2 is 1.50 bits per heavy atom. The van der Waals surface area contributed by atoms with Gasteiger partial charge in [0.2, 0.25) is 5.91 Å². The molecule has 2 amide bonds. The van der Waals surface area contributed by atoms with Crippen LogP contribution in [0.5, 0.6) is 0 Å². The number of fused-ring (bicyclic) bond motifs is 3. The molecule has 3 rings (SSSR count). The Morgan fingerprint density at radius 1 is 0.971 bits per heavy atom. The zero-order valence-electron chi connectivity index (χ0n) is 20.2. The average Bonchev–Trinajstić information content (AvgIpc) is 3.11. The van der Waals surface area contributed by atoms with Crippen LogP contribution >= 0.6 is 0 Å². The van der Waals surface area contributed by atoms with Crippen molar-refractivity contribution in [1.29, 1.82) is 0 Å². The number of hydrogen-bond donors (Lipinski definition) is 3. The van der Waals surface area contributed by atoms with Crippen LogP contribution < -0.4 is 10.6 Å². The number of rotatable bonds is 9. The Balaban J connectivity index is 1.64. The van der Waals surface area contributed by atoms with Crippen molar-refractivity contribution in [2.24, 2.45) is 5.41 Å². The average molecular weight is 469 g/mol. The third-order valence-corrected chi connectivity index (χ3v) is 6.90. The van der Waals surface area contributed by atoms with Crippen LogP contribution in [0, 0.1) is 5.41 Å². The number of alkyl carbamates (subject to hydrolysis) is 1. The van der Waals surface area contributed by atoms with E-state index in [1.807, 2.05) is 36.4 Å². The standard InChI is InChI=1S/C26H32N2O6/c1-25(2,23(31)27-14-21(33-5)22(29)30)26(3,4)28-24(32)34-15-20-18-12-8-6-10-16(18)17-11-7-9-13-19(17)20/h6-13,20-21H,14-15H2,1-5H3,(H,27,31)(H,28,32)(H,29,30). The maximum absolute atomic E-state index is 12.8. The Kier molecular flexibility index (Phi) is 7.31. The van der Waals surface area contributed by atoms with E-state index in [-0.39, 0.29) is 19.1 Å². The zero-order chi connectivity index (χ0) is 25.1. The molecule has 1 atom stereocenters. The van der Waals surface area contributed by atoms with Gasteiger partial charge in [-0.1, -0.05) is 48.5 Å². The number of carbonyl (C=O) groups is 3. The lowest BCUT2D eigenvalue weighted by atomic mass is 9.73. The maximum atomic E-state index is 12.8. The summed E-state index contributed by atoms with van der Waals surface area (Å²) in [5, 5.41) is 14.5. The minimum absolute atomic E-state index is 0.0698. The number of nitrogens with one attached hydrogen (secondary N) is 2. The summed E-state index contributed by atoms with van der Waals surface area (Å²) in [6, 6.07) is 16.2. The molecule has 3 N–H and O–H groups in total. The van der Waals surface area contributed by atoms with Crippen LogP contribution in [0.3, 0.4) is 0 Å². The van der Waals surface area contributed by atoms with Crippen LogP contribution in [-0.2, 0) is 19.1 Å². The zero-order valence-corrected chi connectivity index (χ0v) is 20.2. The highest BCUT2D eigenvalue weighted by Gasteiger charge is 2.45. The van der Waals surface area contributed by atoms with E-state index in [9.17, 15) is 14.4 Å². The summed E-state index contributed by atoms with van der Waals surface area (Å²) in [4.78, 5) is 36.7. The Bertz CT molecular complexity index is 1030. The van der Waals surface area contributed by atoms with Crippen molar-refractivity contribution in [3.8, 4) is 11.1 Å². The van der Waals surface area contributed by atoms with Crippen molar-refractivity contribution in [2.45, 2.75) is 45.3 Å². The van der Waals surface area contributed by atoms with Gasteiger partial charge in [0.25, 0.3) is 0 Å². The summed E-state index contributed by atoms with van der Waals surface area (Å²) in [6.07, 6.45) is -1.79. The monoisotopic (exact) mass is 468 g/mol. The van der Waals surface area contributed by atoms with Crippen LogP contribution in [-0.4, -0.2) is 55.0 Å². The second-order valence-electron chi connectivity index (χ2n) is 9.47. The third kappa shape index (κ3) is 4.92. The molecule has 0 aliphatic heterocycles. The molecule has 0 radical (unpaired) electrons. The molecule has 1 unspecified atom stereocenters. The SMILES string of the molecule is COC(CNC(=O)C(C)(C)C(C)(C)NC(=O)OCC1c2ccccc2-c2ccccc21)C(=O)O. The van der Waals surface area contributed by atoms with Crippen molar-refractivity contribution >= 4 is 18.0 Å². The smallest absolute Gasteiger partial charge is 0.407 e. The molecule has 0 spiro atoms. The Hall–Kier alpha value is -3.39. The van der Waals surface area contributed by atoms with Crippen LogP contribution in [0.25, 0.3) is 11.1 Å². The molecule has 2 aromatic carbocycles. The predicted molar refractivity (Wildman–Crippen MR) is 128 cm³/mol. The van der Waals surface area contributed by atoms with Gasteiger partial charge >= 0.3 is 12.1 Å². The molecule has 0 aromatic heterocycles. The van der Waals surface area contributed by atoms with E-state index < -0.39 is 35.0 Å². The van der Waals surface area contributed by atoms with Gasteiger partial charge in [0.05, 0.1) is 17.5 Å². The summed E-state index contributed by atoms with van der Waals surface area (Å²) in [5.41, 5.74) is 2.44.